The molecule has 0 saturated carbocycles. The minimum atomic E-state index is -0.747. The molecule has 3 heteroatoms. The van der Waals surface area contributed by atoms with Crippen LogP contribution in [0, 0.1) is 0 Å². The Hall–Kier alpha value is -0.900. The van der Waals surface area contributed by atoms with Crippen LogP contribution in [0.4, 0.5) is 0 Å². The lowest BCUT2D eigenvalue weighted by Gasteiger charge is -2.19. The fraction of sp³-hybridized carbons (Fsp3) is 0.700. The van der Waals surface area contributed by atoms with E-state index >= 15 is 0 Å². The van der Waals surface area contributed by atoms with Gasteiger partial charge in [0.15, 0.2) is 0 Å². The van der Waals surface area contributed by atoms with Crippen molar-refractivity contribution < 1.29 is 14.6 Å². The molecule has 1 N–H and O–H groups in total. The average molecular weight is 318 g/mol. The van der Waals surface area contributed by atoms with Crippen molar-refractivity contribution in [1.82, 2.24) is 0 Å². The maximum Gasteiger partial charge on any atom is 0.0977 e. The molecule has 0 aromatic carbocycles. The summed E-state index contributed by atoms with van der Waals surface area (Å²) in [6, 6.07) is 0. The van der Waals surface area contributed by atoms with Gasteiger partial charge in [0.05, 0.1) is 30.0 Å². The third kappa shape index (κ3) is 3.96. The summed E-state index contributed by atoms with van der Waals surface area (Å²) in [6.07, 6.45) is 11.3. The highest BCUT2D eigenvalue weighted by atomic mass is 16.6. The van der Waals surface area contributed by atoms with Crippen molar-refractivity contribution in [3.05, 3.63) is 34.9 Å². The molecule has 1 aliphatic carbocycles. The van der Waals surface area contributed by atoms with Crippen molar-refractivity contribution in [2.24, 2.45) is 0 Å². The zero-order chi connectivity index (χ0) is 16.7. The maximum atomic E-state index is 10.5. The van der Waals surface area contributed by atoms with Crippen molar-refractivity contribution in [2.45, 2.75) is 83.2 Å². The van der Waals surface area contributed by atoms with Crippen LogP contribution < -0.4 is 0 Å². The standard InChI is InChI=1S/C20H30O3/c1-14-6-5-9-19(3,21)10-8-18-20(4,23-18)11-7-16-15(2)13-22-17(16)12-14/h5,9,12,17-18,21H,6-8,10-11,13H2,1-4H3/b9-5+,14-12+/t17-,18+,19-,20+/m0/s1. The van der Waals surface area contributed by atoms with Crippen LogP contribution in [-0.4, -0.2) is 35.1 Å². The first-order valence-corrected chi connectivity index (χ1v) is 8.84. The molecule has 2 aliphatic heterocycles. The van der Waals surface area contributed by atoms with E-state index in [0.29, 0.717) is 0 Å². The summed E-state index contributed by atoms with van der Waals surface area (Å²) in [7, 11) is 0. The van der Waals surface area contributed by atoms with E-state index in [4.69, 9.17) is 9.47 Å². The van der Waals surface area contributed by atoms with E-state index in [2.05, 4.69) is 32.9 Å². The van der Waals surface area contributed by atoms with Crippen LogP contribution in [0.5, 0.6) is 0 Å². The Morgan fingerprint density at radius 2 is 2.00 bits per heavy atom. The molecule has 0 radical (unpaired) electrons. The van der Waals surface area contributed by atoms with Crippen molar-refractivity contribution in [3.63, 3.8) is 0 Å². The van der Waals surface area contributed by atoms with Gasteiger partial charge in [-0.25, -0.2) is 0 Å². The van der Waals surface area contributed by atoms with Gasteiger partial charge in [-0.3, -0.25) is 0 Å². The van der Waals surface area contributed by atoms with Crippen LogP contribution in [0.2, 0.25) is 0 Å². The summed E-state index contributed by atoms with van der Waals surface area (Å²) in [5.41, 5.74) is 3.34. The Balaban J connectivity index is 1.81. The van der Waals surface area contributed by atoms with Crippen LogP contribution >= 0.6 is 0 Å². The molecule has 3 nitrogen and oxygen atoms in total. The number of aliphatic hydroxyl groups is 1. The molecule has 23 heavy (non-hydrogen) atoms. The molecule has 0 aromatic heterocycles. The Morgan fingerprint density at radius 3 is 2.78 bits per heavy atom. The molecule has 0 bridgehead atoms. The maximum absolute atomic E-state index is 10.5. The molecule has 0 amide bonds. The molecular formula is C20H30O3. The molecule has 4 atom stereocenters. The SMILES string of the molecule is CC1=C2CC[C@@]3(C)O[C@@H]3CC[C@@](C)(O)/C=C/C/C(C)=C/[C@@H]2OC1. The van der Waals surface area contributed by atoms with Gasteiger partial charge >= 0.3 is 0 Å². The number of rotatable bonds is 0. The fourth-order valence-corrected chi connectivity index (χ4v) is 3.75. The summed E-state index contributed by atoms with van der Waals surface area (Å²) in [5.74, 6) is 0. The Morgan fingerprint density at radius 1 is 1.22 bits per heavy atom. The third-order valence-electron chi connectivity index (χ3n) is 5.56. The molecule has 3 rings (SSSR count). The molecule has 0 unspecified atom stereocenters. The number of epoxide rings is 1. The van der Waals surface area contributed by atoms with Crippen molar-refractivity contribution in [3.8, 4) is 0 Å². The van der Waals surface area contributed by atoms with Gasteiger partial charge in [0.25, 0.3) is 0 Å². The van der Waals surface area contributed by atoms with Crippen molar-refractivity contribution >= 4 is 0 Å². The Bertz CT molecular complexity index is 555. The summed E-state index contributed by atoms with van der Waals surface area (Å²) in [6.45, 7) is 9.16. The lowest BCUT2D eigenvalue weighted by Crippen LogP contribution is -2.22. The smallest absolute Gasteiger partial charge is 0.0977 e. The second kappa shape index (κ2) is 6.19. The lowest BCUT2D eigenvalue weighted by molar-refractivity contribution is 0.0961. The topological polar surface area (TPSA) is 42.0 Å². The summed E-state index contributed by atoms with van der Waals surface area (Å²) >= 11 is 0. The Kier molecular flexibility index (Phi) is 4.56. The molecule has 2 heterocycles. The zero-order valence-electron chi connectivity index (χ0n) is 14.9. The fourth-order valence-electron chi connectivity index (χ4n) is 3.75. The third-order valence-corrected chi connectivity index (χ3v) is 5.56. The van der Waals surface area contributed by atoms with Crippen LogP contribution in [0.3, 0.4) is 0 Å². The number of allylic oxidation sites excluding steroid dienone is 2. The molecule has 3 aliphatic rings. The van der Waals surface area contributed by atoms with Crippen LogP contribution in [0.1, 0.15) is 59.8 Å². The van der Waals surface area contributed by atoms with E-state index in [-0.39, 0.29) is 17.8 Å². The molecule has 1 fully saturated rings. The van der Waals surface area contributed by atoms with Crippen molar-refractivity contribution in [1.29, 1.82) is 0 Å². The molecule has 0 aromatic rings. The highest BCUT2D eigenvalue weighted by molar-refractivity contribution is 5.29. The van der Waals surface area contributed by atoms with Crippen LogP contribution in [0.25, 0.3) is 0 Å². The van der Waals surface area contributed by atoms with E-state index in [9.17, 15) is 5.11 Å². The second-order valence-corrected chi connectivity index (χ2v) is 7.97. The highest BCUT2D eigenvalue weighted by Crippen LogP contribution is 2.45. The van der Waals surface area contributed by atoms with Crippen LogP contribution in [-0.2, 0) is 9.47 Å². The summed E-state index contributed by atoms with van der Waals surface area (Å²) in [5, 5.41) is 10.5. The highest BCUT2D eigenvalue weighted by Gasteiger charge is 2.51. The normalized spacial score (nSPS) is 45.5. The average Bonchev–Trinajstić information content (AvgIpc) is 2.99. The Labute approximate surface area is 140 Å². The summed E-state index contributed by atoms with van der Waals surface area (Å²) < 4.78 is 11.9. The minimum Gasteiger partial charge on any atom is -0.386 e. The second-order valence-electron chi connectivity index (χ2n) is 7.97. The monoisotopic (exact) mass is 318 g/mol. The van der Waals surface area contributed by atoms with Crippen molar-refractivity contribution in [2.75, 3.05) is 6.61 Å². The first-order valence-electron chi connectivity index (χ1n) is 8.84. The molecule has 1 saturated heterocycles. The molecule has 0 spiro atoms. The largest absolute Gasteiger partial charge is 0.386 e. The number of hydrogen-bond acceptors (Lipinski definition) is 3. The van der Waals surface area contributed by atoms with Gasteiger partial charge in [0, 0.05) is 0 Å². The van der Waals surface area contributed by atoms with E-state index in [1.165, 1.54) is 16.7 Å². The molecular weight excluding hydrogens is 288 g/mol. The van der Waals surface area contributed by atoms with E-state index in [0.717, 1.165) is 38.7 Å². The van der Waals surface area contributed by atoms with Gasteiger partial charge in [-0.1, -0.05) is 23.8 Å². The number of hydrogen-bond donors (Lipinski definition) is 1. The predicted molar refractivity (Wildman–Crippen MR) is 92.3 cm³/mol. The van der Waals surface area contributed by atoms with Gasteiger partial charge in [-0.15, -0.1) is 0 Å². The molecule has 128 valence electrons. The van der Waals surface area contributed by atoms with Crippen LogP contribution in [0.15, 0.2) is 34.9 Å². The van der Waals surface area contributed by atoms with E-state index in [1.807, 2.05) is 13.0 Å². The zero-order valence-corrected chi connectivity index (χ0v) is 14.9. The minimum absolute atomic E-state index is 0.0247. The van der Waals surface area contributed by atoms with Gasteiger partial charge in [-0.2, -0.15) is 0 Å². The summed E-state index contributed by atoms with van der Waals surface area (Å²) in [4.78, 5) is 0. The number of fused-ring (bicyclic) bond motifs is 2. The first kappa shape index (κ1) is 16.9. The van der Waals surface area contributed by atoms with E-state index in [1.54, 1.807) is 0 Å². The van der Waals surface area contributed by atoms with Gasteiger partial charge in [0.1, 0.15) is 0 Å². The van der Waals surface area contributed by atoms with Gasteiger partial charge in [-0.05, 0) is 70.9 Å². The van der Waals surface area contributed by atoms with Gasteiger partial charge in [0.2, 0.25) is 0 Å². The van der Waals surface area contributed by atoms with E-state index < -0.39 is 5.60 Å². The lowest BCUT2D eigenvalue weighted by atomic mass is 9.89. The quantitative estimate of drug-likeness (QED) is 0.540. The number of ether oxygens (including phenoxy) is 2. The predicted octanol–water partition coefficient (Wildman–Crippen LogP) is 4.08. The van der Waals surface area contributed by atoms with Gasteiger partial charge < -0.3 is 14.6 Å². The first-order chi connectivity index (χ1) is 10.8.